The lowest BCUT2D eigenvalue weighted by Gasteiger charge is -2.18. The van der Waals surface area contributed by atoms with Crippen molar-refractivity contribution in [2.24, 2.45) is 5.92 Å². The molecule has 2 aliphatic rings. The summed E-state index contributed by atoms with van der Waals surface area (Å²) in [6.45, 7) is 4.43. The van der Waals surface area contributed by atoms with E-state index in [1.165, 1.54) is 11.3 Å². The van der Waals surface area contributed by atoms with E-state index in [1.54, 1.807) is 11.3 Å². The predicted octanol–water partition coefficient (Wildman–Crippen LogP) is 3.89. The Balaban J connectivity index is 1.96. The second kappa shape index (κ2) is 5.91. The molecule has 1 fully saturated rings. The smallest absolute Gasteiger partial charge is 0.339 e. The Kier molecular flexibility index (Phi) is 4.16. The lowest BCUT2D eigenvalue weighted by molar-refractivity contribution is -0.119. The highest BCUT2D eigenvalue weighted by Gasteiger charge is 2.34. The number of carbonyl (C=O) groups is 2. The van der Waals surface area contributed by atoms with Crippen LogP contribution in [0.2, 0.25) is 0 Å². The van der Waals surface area contributed by atoms with Crippen LogP contribution < -0.4 is 0 Å². The number of carbonyl (C=O) groups excluding carboxylic acids is 2. The second-order valence-corrected chi connectivity index (χ2v) is 7.31. The minimum Gasteiger partial charge on any atom is -0.462 e. The van der Waals surface area contributed by atoms with Gasteiger partial charge in [0.25, 0.3) is 0 Å². The molecule has 1 aromatic rings. The molecular weight excluding hydrogens is 284 g/mol. The van der Waals surface area contributed by atoms with Gasteiger partial charge in [-0.25, -0.2) is 4.79 Å². The first kappa shape index (κ1) is 14.8. The molecule has 0 saturated heterocycles. The summed E-state index contributed by atoms with van der Waals surface area (Å²) in [7, 11) is 0. The molecule has 0 aliphatic heterocycles. The molecule has 4 heteroatoms. The van der Waals surface area contributed by atoms with Crippen molar-refractivity contribution in [3.05, 3.63) is 20.9 Å². The zero-order valence-corrected chi connectivity index (χ0v) is 13.6. The third-order valence-corrected chi connectivity index (χ3v) is 5.93. The average Bonchev–Trinajstić information content (AvgIpc) is 3.22. The maximum atomic E-state index is 12.3. The van der Waals surface area contributed by atoms with Crippen LogP contribution in [0.15, 0.2) is 0 Å². The molecule has 1 saturated carbocycles. The Bertz CT molecular complexity index is 569. The quantitative estimate of drug-likeness (QED) is 0.775. The number of hydrogen-bond acceptors (Lipinski definition) is 4. The third kappa shape index (κ3) is 2.91. The van der Waals surface area contributed by atoms with Gasteiger partial charge >= 0.3 is 5.97 Å². The molecule has 1 aromatic heterocycles. The highest BCUT2D eigenvalue weighted by atomic mass is 32.1. The van der Waals surface area contributed by atoms with Crippen LogP contribution in [0.1, 0.15) is 71.1 Å². The summed E-state index contributed by atoms with van der Waals surface area (Å²) in [5.74, 6) is 0.808. The van der Waals surface area contributed by atoms with Crippen LogP contribution in [0.3, 0.4) is 0 Å². The number of fused-ring (bicyclic) bond motifs is 1. The normalized spacial score (nSPS) is 21.0. The number of esters is 1. The van der Waals surface area contributed by atoms with Crippen molar-refractivity contribution in [3.63, 3.8) is 0 Å². The monoisotopic (exact) mass is 306 g/mol. The Labute approximate surface area is 129 Å². The first-order valence-electron chi connectivity index (χ1n) is 7.96. The molecule has 0 N–H and O–H groups in total. The van der Waals surface area contributed by atoms with Crippen LogP contribution in [-0.4, -0.2) is 18.4 Å². The van der Waals surface area contributed by atoms with Gasteiger partial charge in [-0.15, -0.1) is 11.3 Å². The topological polar surface area (TPSA) is 43.4 Å². The van der Waals surface area contributed by atoms with Gasteiger partial charge in [0, 0.05) is 22.1 Å². The van der Waals surface area contributed by atoms with Gasteiger partial charge in [-0.3, -0.25) is 4.79 Å². The van der Waals surface area contributed by atoms with Gasteiger partial charge in [-0.2, -0.15) is 0 Å². The fourth-order valence-corrected chi connectivity index (χ4v) is 4.61. The van der Waals surface area contributed by atoms with E-state index in [0.29, 0.717) is 24.7 Å². The van der Waals surface area contributed by atoms with Crippen LogP contribution in [0.5, 0.6) is 0 Å². The molecule has 1 heterocycles. The van der Waals surface area contributed by atoms with Gasteiger partial charge in [-0.1, -0.05) is 6.92 Å². The van der Waals surface area contributed by atoms with Crippen LogP contribution in [-0.2, 0) is 22.4 Å². The maximum absolute atomic E-state index is 12.3. The zero-order chi connectivity index (χ0) is 15.0. The Morgan fingerprint density at radius 2 is 2.05 bits per heavy atom. The van der Waals surface area contributed by atoms with Crippen LogP contribution >= 0.6 is 11.3 Å². The van der Waals surface area contributed by atoms with Crippen molar-refractivity contribution in [2.75, 3.05) is 6.61 Å². The van der Waals surface area contributed by atoms with E-state index in [-0.39, 0.29) is 11.9 Å². The van der Waals surface area contributed by atoms with Crippen LogP contribution in [0.4, 0.5) is 0 Å². The number of rotatable bonds is 5. The van der Waals surface area contributed by atoms with E-state index in [0.717, 1.165) is 41.7 Å². The number of hydrogen-bond donors (Lipinski definition) is 0. The van der Waals surface area contributed by atoms with Crippen molar-refractivity contribution >= 4 is 23.1 Å². The minimum atomic E-state index is -0.234. The second-order valence-electron chi connectivity index (χ2n) is 6.17. The van der Waals surface area contributed by atoms with Crippen LogP contribution in [0.25, 0.3) is 0 Å². The Hall–Kier alpha value is -1.16. The molecule has 0 aromatic carbocycles. The maximum Gasteiger partial charge on any atom is 0.339 e. The third-order valence-electron chi connectivity index (χ3n) is 4.47. The minimum absolute atomic E-state index is 0.234. The summed E-state index contributed by atoms with van der Waals surface area (Å²) in [6.07, 6.45) is 5.70. The van der Waals surface area contributed by atoms with Crippen molar-refractivity contribution in [3.8, 4) is 0 Å². The van der Waals surface area contributed by atoms with Gasteiger partial charge in [-0.05, 0) is 50.5 Å². The van der Waals surface area contributed by atoms with Crippen molar-refractivity contribution in [1.29, 1.82) is 0 Å². The molecule has 2 aliphatic carbocycles. The van der Waals surface area contributed by atoms with Crippen LogP contribution in [0, 0.1) is 5.92 Å². The molecule has 0 amide bonds. The summed E-state index contributed by atoms with van der Waals surface area (Å²) in [5, 5.41) is 0. The predicted molar refractivity (Wildman–Crippen MR) is 83.1 cm³/mol. The number of ether oxygens (including phenoxy) is 1. The summed E-state index contributed by atoms with van der Waals surface area (Å²) in [6, 6.07) is 0. The molecule has 0 bridgehead atoms. The van der Waals surface area contributed by atoms with Gasteiger partial charge in [0.1, 0.15) is 5.78 Å². The van der Waals surface area contributed by atoms with Gasteiger partial charge < -0.3 is 4.74 Å². The fraction of sp³-hybridized carbons (Fsp3) is 0.647. The van der Waals surface area contributed by atoms with E-state index in [2.05, 4.69) is 6.92 Å². The zero-order valence-electron chi connectivity index (χ0n) is 12.7. The lowest BCUT2D eigenvalue weighted by Crippen LogP contribution is -2.13. The summed E-state index contributed by atoms with van der Waals surface area (Å²) in [5.41, 5.74) is 1.88. The first-order valence-corrected chi connectivity index (χ1v) is 8.77. The SMILES string of the molecule is CCOC(=O)c1c(CC(=O)C2CC2)sc2c1CCCC2C. The van der Waals surface area contributed by atoms with E-state index in [9.17, 15) is 9.59 Å². The Morgan fingerprint density at radius 1 is 1.29 bits per heavy atom. The molecular formula is C17H22O3S. The highest BCUT2D eigenvalue weighted by Crippen LogP contribution is 2.42. The number of Topliss-reactive ketones (excluding diaryl/α,β-unsaturated/α-hetero) is 1. The molecule has 1 atom stereocenters. The highest BCUT2D eigenvalue weighted by molar-refractivity contribution is 7.12. The van der Waals surface area contributed by atoms with E-state index in [4.69, 9.17) is 4.74 Å². The molecule has 1 unspecified atom stereocenters. The van der Waals surface area contributed by atoms with E-state index >= 15 is 0 Å². The lowest BCUT2D eigenvalue weighted by atomic mass is 9.88. The molecule has 114 valence electrons. The van der Waals surface area contributed by atoms with Crippen molar-refractivity contribution in [2.45, 2.75) is 58.3 Å². The van der Waals surface area contributed by atoms with Crippen molar-refractivity contribution in [1.82, 2.24) is 0 Å². The first-order chi connectivity index (χ1) is 10.1. The average molecular weight is 306 g/mol. The summed E-state index contributed by atoms with van der Waals surface area (Å²) in [4.78, 5) is 26.8. The summed E-state index contributed by atoms with van der Waals surface area (Å²) < 4.78 is 5.24. The summed E-state index contributed by atoms with van der Waals surface area (Å²) >= 11 is 1.68. The molecule has 0 spiro atoms. The molecule has 3 nitrogen and oxygen atoms in total. The van der Waals surface area contributed by atoms with Gasteiger partial charge in [0.15, 0.2) is 0 Å². The standard InChI is InChI=1S/C17H22O3S/c1-3-20-17(19)15-12-6-4-5-10(2)16(12)21-14(15)9-13(18)11-7-8-11/h10-11H,3-9H2,1-2H3. The van der Waals surface area contributed by atoms with Gasteiger partial charge in [0.05, 0.1) is 12.2 Å². The molecule has 21 heavy (non-hydrogen) atoms. The molecule has 0 radical (unpaired) electrons. The van der Waals surface area contributed by atoms with Gasteiger partial charge in [0.2, 0.25) is 0 Å². The largest absolute Gasteiger partial charge is 0.462 e. The van der Waals surface area contributed by atoms with E-state index in [1.807, 2.05) is 6.92 Å². The number of ketones is 1. The van der Waals surface area contributed by atoms with Crippen molar-refractivity contribution < 1.29 is 14.3 Å². The number of thiophene rings is 1. The molecule has 3 rings (SSSR count). The Morgan fingerprint density at radius 3 is 2.71 bits per heavy atom. The van der Waals surface area contributed by atoms with E-state index < -0.39 is 0 Å². The fourth-order valence-electron chi connectivity index (χ4n) is 3.17.